The Hall–Kier alpha value is -1.88. The molecule has 21 heavy (non-hydrogen) atoms. The highest BCUT2D eigenvalue weighted by Crippen LogP contribution is 2.35. The first-order chi connectivity index (χ1) is 10.2. The molecule has 0 fully saturated rings. The third-order valence-electron chi connectivity index (χ3n) is 4.15. The molecule has 0 radical (unpaired) electrons. The third-order valence-corrected chi connectivity index (χ3v) is 5.13. The Labute approximate surface area is 127 Å². The van der Waals surface area contributed by atoms with Gasteiger partial charge in [-0.05, 0) is 31.0 Å². The van der Waals surface area contributed by atoms with Crippen molar-refractivity contribution in [2.24, 2.45) is 0 Å². The fourth-order valence-electron chi connectivity index (χ4n) is 2.79. The summed E-state index contributed by atoms with van der Waals surface area (Å²) >= 11 is 1.73. The Morgan fingerprint density at radius 3 is 2.90 bits per heavy atom. The van der Waals surface area contributed by atoms with Gasteiger partial charge in [0, 0.05) is 23.1 Å². The van der Waals surface area contributed by atoms with Gasteiger partial charge in [-0.1, -0.05) is 30.8 Å². The van der Waals surface area contributed by atoms with Gasteiger partial charge in [0.1, 0.15) is 11.6 Å². The molecule has 0 N–H and O–H groups in total. The van der Waals surface area contributed by atoms with Crippen LogP contribution in [0.1, 0.15) is 29.4 Å². The van der Waals surface area contributed by atoms with Crippen LogP contribution >= 0.6 is 11.8 Å². The van der Waals surface area contributed by atoms with Crippen LogP contribution in [0, 0.1) is 13.8 Å². The van der Waals surface area contributed by atoms with Crippen molar-refractivity contribution in [1.82, 2.24) is 19.7 Å². The Morgan fingerprint density at radius 1 is 1.24 bits per heavy atom. The normalized spacial score (nSPS) is 13.3. The maximum absolute atomic E-state index is 4.97. The van der Waals surface area contributed by atoms with E-state index in [1.54, 1.807) is 11.8 Å². The zero-order chi connectivity index (χ0) is 14.6. The summed E-state index contributed by atoms with van der Waals surface area (Å²) in [6.07, 6.45) is 0.861. The lowest BCUT2D eigenvalue weighted by molar-refractivity contribution is 0.797. The second-order valence-electron chi connectivity index (χ2n) is 5.43. The Kier molecular flexibility index (Phi) is 2.79. The zero-order valence-corrected chi connectivity index (χ0v) is 13.2. The van der Waals surface area contributed by atoms with Crippen LogP contribution in [-0.4, -0.2) is 19.7 Å². The largest absolute Gasteiger partial charge is 0.257 e. The van der Waals surface area contributed by atoms with E-state index in [0.29, 0.717) is 0 Å². The molecule has 0 amide bonds. The molecule has 106 valence electrons. The number of fused-ring (bicyclic) bond motifs is 4. The molecule has 1 aromatic carbocycles. The van der Waals surface area contributed by atoms with E-state index in [2.05, 4.69) is 53.7 Å². The molecule has 4 nitrogen and oxygen atoms in total. The molecule has 4 rings (SSSR count). The lowest BCUT2D eigenvalue weighted by Crippen LogP contribution is -2.11. The molecule has 0 atom stereocenters. The highest BCUT2D eigenvalue weighted by Gasteiger charge is 2.23. The Morgan fingerprint density at radius 2 is 2.10 bits per heavy atom. The van der Waals surface area contributed by atoms with Gasteiger partial charge >= 0.3 is 0 Å². The van der Waals surface area contributed by atoms with Crippen LogP contribution in [0.25, 0.3) is 16.7 Å². The number of nitrogens with zero attached hydrogens (tertiary/aromatic N) is 4. The number of thioether (sulfide) groups is 1. The van der Waals surface area contributed by atoms with Gasteiger partial charge in [0.15, 0.2) is 5.16 Å². The number of rotatable bonds is 1. The van der Waals surface area contributed by atoms with E-state index in [9.17, 15) is 0 Å². The smallest absolute Gasteiger partial charge is 0.197 e. The maximum atomic E-state index is 4.97. The molecule has 5 heteroatoms. The number of benzene rings is 1. The molecule has 3 aromatic rings. The number of aromatic nitrogens is 4. The van der Waals surface area contributed by atoms with Crippen LogP contribution < -0.4 is 0 Å². The molecule has 2 aromatic heterocycles. The molecule has 1 aliphatic rings. The van der Waals surface area contributed by atoms with E-state index in [0.717, 1.165) is 34.5 Å². The minimum Gasteiger partial charge on any atom is -0.257 e. The summed E-state index contributed by atoms with van der Waals surface area (Å²) in [5.74, 6) is 2.90. The van der Waals surface area contributed by atoms with E-state index in [1.807, 2.05) is 0 Å². The van der Waals surface area contributed by atoms with Crippen molar-refractivity contribution in [1.29, 1.82) is 0 Å². The fourth-order valence-corrected chi connectivity index (χ4v) is 3.71. The number of aryl methyl sites for hydroxylation is 3. The average molecular weight is 296 g/mol. The van der Waals surface area contributed by atoms with Crippen molar-refractivity contribution >= 4 is 22.7 Å². The van der Waals surface area contributed by atoms with Crippen molar-refractivity contribution in [3.8, 4) is 5.82 Å². The van der Waals surface area contributed by atoms with E-state index in [1.165, 1.54) is 22.1 Å². The first-order valence-electron chi connectivity index (χ1n) is 7.16. The van der Waals surface area contributed by atoms with Crippen molar-refractivity contribution in [3.63, 3.8) is 0 Å². The van der Waals surface area contributed by atoms with Crippen molar-refractivity contribution < 1.29 is 0 Å². The highest BCUT2D eigenvalue weighted by atomic mass is 32.2. The average Bonchev–Trinajstić information content (AvgIpc) is 2.93. The van der Waals surface area contributed by atoms with Gasteiger partial charge in [0.05, 0.1) is 5.52 Å². The molecule has 0 saturated heterocycles. The summed E-state index contributed by atoms with van der Waals surface area (Å²) < 4.78 is 2.12. The molecular formula is C16H16N4S. The molecule has 3 heterocycles. The van der Waals surface area contributed by atoms with Gasteiger partial charge in [-0.3, -0.25) is 4.57 Å². The van der Waals surface area contributed by atoms with Gasteiger partial charge in [-0.25, -0.2) is 4.98 Å². The van der Waals surface area contributed by atoms with E-state index >= 15 is 0 Å². The molecule has 1 aliphatic heterocycles. The first kappa shape index (κ1) is 12.8. The predicted octanol–water partition coefficient (Wildman–Crippen LogP) is 3.60. The van der Waals surface area contributed by atoms with Crippen LogP contribution in [0.3, 0.4) is 0 Å². The summed E-state index contributed by atoms with van der Waals surface area (Å²) in [4.78, 5) is 4.97. The minimum absolute atomic E-state index is 0.861. The molecular weight excluding hydrogens is 280 g/mol. The minimum atomic E-state index is 0.861. The molecule has 0 aliphatic carbocycles. The van der Waals surface area contributed by atoms with Gasteiger partial charge in [-0.2, -0.15) is 0 Å². The van der Waals surface area contributed by atoms with Crippen LogP contribution in [0.15, 0.2) is 23.4 Å². The van der Waals surface area contributed by atoms with Crippen LogP contribution in [0.5, 0.6) is 0 Å². The van der Waals surface area contributed by atoms with E-state index in [-0.39, 0.29) is 0 Å². The lowest BCUT2D eigenvalue weighted by atomic mass is 10.0. The molecule has 0 unspecified atom stereocenters. The van der Waals surface area contributed by atoms with Gasteiger partial charge in [0.25, 0.3) is 0 Å². The van der Waals surface area contributed by atoms with Crippen LogP contribution in [0.2, 0.25) is 0 Å². The summed E-state index contributed by atoms with van der Waals surface area (Å²) in [5, 5.41) is 10.7. The summed E-state index contributed by atoms with van der Waals surface area (Å²) in [6, 6.07) is 6.60. The number of hydrogen-bond donors (Lipinski definition) is 0. The Balaban J connectivity index is 2.06. The van der Waals surface area contributed by atoms with Gasteiger partial charge in [-0.15, -0.1) is 10.2 Å². The maximum Gasteiger partial charge on any atom is 0.197 e. The van der Waals surface area contributed by atoms with E-state index < -0.39 is 0 Å². The number of hydrogen-bond acceptors (Lipinski definition) is 4. The van der Waals surface area contributed by atoms with Crippen molar-refractivity contribution in [2.75, 3.05) is 0 Å². The quantitative estimate of drug-likeness (QED) is 0.688. The summed E-state index contributed by atoms with van der Waals surface area (Å²) in [6.45, 7) is 6.38. The molecule has 0 saturated carbocycles. The fraction of sp³-hybridized carbons (Fsp3) is 0.312. The SMILES string of the molecule is CCc1nnc2n1-c1nc3c(C)c(C)ccc3cc1CS2. The van der Waals surface area contributed by atoms with Crippen LogP contribution in [-0.2, 0) is 12.2 Å². The zero-order valence-electron chi connectivity index (χ0n) is 12.3. The summed E-state index contributed by atoms with van der Waals surface area (Å²) in [7, 11) is 0. The Bertz CT molecular complexity index is 853. The third kappa shape index (κ3) is 1.80. The first-order valence-corrected chi connectivity index (χ1v) is 8.15. The van der Waals surface area contributed by atoms with Crippen molar-refractivity contribution in [2.45, 2.75) is 38.1 Å². The molecule has 0 bridgehead atoms. The predicted molar refractivity (Wildman–Crippen MR) is 85.1 cm³/mol. The molecule has 0 spiro atoms. The van der Waals surface area contributed by atoms with Gasteiger partial charge in [0.2, 0.25) is 0 Å². The highest BCUT2D eigenvalue weighted by molar-refractivity contribution is 7.98. The van der Waals surface area contributed by atoms with Crippen molar-refractivity contribution in [3.05, 3.63) is 40.7 Å². The standard InChI is InChI=1S/C16H16N4S/c1-4-13-18-19-16-20(13)15-12(8-21-16)7-11-6-5-9(2)10(3)14(11)17-15/h5-7H,4,8H2,1-3H3. The van der Waals surface area contributed by atoms with Crippen LogP contribution in [0.4, 0.5) is 0 Å². The van der Waals surface area contributed by atoms with Gasteiger partial charge < -0.3 is 0 Å². The summed E-state index contributed by atoms with van der Waals surface area (Å²) in [5.41, 5.74) is 4.88. The second kappa shape index (κ2) is 4.56. The van der Waals surface area contributed by atoms with E-state index in [4.69, 9.17) is 4.98 Å². The topological polar surface area (TPSA) is 43.6 Å². The number of pyridine rings is 1. The lowest BCUT2D eigenvalue weighted by Gasteiger charge is -2.19. The monoisotopic (exact) mass is 296 g/mol. The second-order valence-corrected chi connectivity index (χ2v) is 6.37.